The van der Waals surface area contributed by atoms with Crippen molar-refractivity contribution in [3.05, 3.63) is 35.9 Å². The number of nitrogens with one attached hydrogen (secondary N) is 1. The van der Waals surface area contributed by atoms with E-state index >= 15 is 0 Å². The van der Waals surface area contributed by atoms with Crippen LogP contribution in [0.2, 0.25) is 0 Å². The molecule has 0 bridgehead atoms. The minimum Gasteiger partial charge on any atom is -0.341 e. The van der Waals surface area contributed by atoms with Crippen molar-refractivity contribution in [2.75, 3.05) is 13.1 Å². The molecular formula is C20H28N2O. The Labute approximate surface area is 139 Å². The maximum absolute atomic E-state index is 12.9. The normalized spacial score (nSPS) is 33.7. The second-order valence-electron chi connectivity index (χ2n) is 7.73. The Bertz CT molecular complexity index is 530. The summed E-state index contributed by atoms with van der Waals surface area (Å²) in [5.74, 6) is 1.75. The first-order valence-electron chi connectivity index (χ1n) is 9.38. The van der Waals surface area contributed by atoms with E-state index in [1.807, 2.05) is 0 Å². The first-order valence-corrected chi connectivity index (χ1v) is 9.38. The fraction of sp³-hybridized carbons (Fsp3) is 0.650. The van der Waals surface area contributed by atoms with E-state index in [1.54, 1.807) is 0 Å². The van der Waals surface area contributed by atoms with Crippen molar-refractivity contribution in [3.8, 4) is 0 Å². The molecule has 0 aromatic heterocycles. The van der Waals surface area contributed by atoms with Gasteiger partial charge >= 0.3 is 0 Å². The fourth-order valence-electron chi connectivity index (χ4n) is 4.88. The van der Waals surface area contributed by atoms with E-state index in [2.05, 4.69) is 40.5 Å². The van der Waals surface area contributed by atoms with Crippen molar-refractivity contribution in [2.45, 2.75) is 57.0 Å². The Balaban J connectivity index is 1.32. The SMILES string of the molecule is O=C(C1CC2CCCCC2N1)N1CCC(Cc2ccccc2)C1. The molecule has 0 spiro atoms. The summed E-state index contributed by atoms with van der Waals surface area (Å²) in [6.45, 7) is 1.89. The zero-order valence-electron chi connectivity index (χ0n) is 13.9. The van der Waals surface area contributed by atoms with Crippen LogP contribution in [0.25, 0.3) is 0 Å². The van der Waals surface area contributed by atoms with E-state index in [1.165, 1.54) is 31.2 Å². The van der Waals surface area contributed by atoms with Crippen LogP contribution in [0.15, 0.2) is 30.3 Å². The van der Waals surface area contributed by atoms with Crippen molar-refractivity contribution < 1.29 is 4.79 Å². The fourth-order valence-corrected chi connectivity index (χ4v) is 4.88. The number of benzene rings is 1. The maximum Gasteiger partial charge on any atom is 0.239 e. The quantitative estimate of drug-likeness (QED) is 0.930. The van der Waals surface area contributed by atoms with Gasteiger partial charge in [-0.15, -0.1) is 0 Å². The summed E-state index contributed by atoms with van der Waals surface area (Å²) in [6.07, 6.45) is 8.60. The smallest absolute Gasteiger partial charge is 0.239 e. The van der Waals surface area contributed by atoms with Crippen LogP contribution >= 0.6 is 0 Å². The van der Waals surface area contributed by atoms with Crippen LogP contribution in [-0.2, 0) is 11.2 Å². The van der Waals surface area contributed by atoms with Crippen LogP contribution in [0.4, 0.5) is 0 Å². The monoisotopic (exact) mass is 312 g/mol. The first kappa shape index (κ1) is 15.2. The van der Waals surface area contributed by atoms with Gasteiger partial charge in [0, 0.05) is 19.1 Å². The Hall–Kier alpha value is -1.35. The second-order valence-corrected chi connectivity index (χ2v) is 7.73. The highest BCUT2D eigenvalue weighted by Gasteiger charge is 2.40. The molecule has 3 heteroatoms. The molecule has 124 valence electrons. The third-order valence-corrected chi connectivity index (χ3v) is 6.13. The van der Waals surface area contributed by atoms with Gasteiger partial charge in [0.15, 0.2) is 0 Å². The van der Waals surface area contributed by atoms with E-state index in [4.69, 9.17) is 0 Å². The number of carbonyl (C=O) groups excluding carboxylic acids is 1. The van der Waals surface area contributed by atoms with Crippen LogP contribution in [0.3, 0.4) is 0 Å². The molecular weight excluding hydrogens is 284 g/mol. The van der Waals surface area contributed by atoms with Gasteiger partial charge in [0.1, 0.15) is 0 Å². The molecule has 3 fully saturated rings. The van der Waals surface area contributed by atoms with Gasteiger partial charge in [0.05, 0.1) is 6.04 Å². The van der Waals surface area contributed by atoms with E-state index in [9.17, 15) is 4.79 Å². The number of likely N-dealkylation sites (tertiary alicyclic amines) is 1. The molecule has 1 N–H and O–H groups in total. The summed E-state index contributed by atoms with van der Waals surface area (Å²) in [4.78, 5) is 15.0. The van der Waals surface area contributed by atoms with Crippen molar-refractivity contribution in [1.29, 1.82) is 0 Å². The largest absolute Gasteiger partial charge is 0.341 e. The third-order valence-electron chi connectivity index (χ3n) is 6.13. The van der Waals surface area contributed by atoms with Crippen molar-refractivity contribution in [2.24, 2.45) is 11.8 Å². The minimum absolute atomic E-state index is 0.0959. The van der Waals surface area contributed by atoms with Gasteiger partial charge < -0.3 is 10.2 Å². The number of rotatable bonds is 3. The van der Waals surface area contributed by atoms with Crippen LogP contribution < -0.4 is 5.32 Å². The van der Waals surface area contributed by atoms with E-state index in [0.29, 0.717) is 17.9 Å². The zero-order valence-corrected chi connectivity index (χ0v) is 13.9. The summed E-state index contributed by atoms with van der Waals surface area (Å²) in [6, 6.07) is 11.4. The molecule has 1 aromatic carbocycles. The highest BCUT2D eigenvalue weighted by Crippen LogP contribution is 2.34. The van der Waals surface area contributed by atoms with Gasteiger partial charge in [-0.3, -0.25) is 4.79 Å². The lowest BCUT2D eigenvalue weighted by Crippen LogP contribution is -2.44. The van der Waals surface area contributed by atoms with E-state index in [-0.39, 0.29) is 6.04 Å². The molecule has 3 aliphatic rings. The minimum atomic E-state index is 0.0959. The zero-order chi connectivity index (χ0) is 15.6. The molecule has 1 saturated carbocycles. The number of hydrogen-bond donors (Lipinski definition) is 1. The van der Waals surface area contributed by atoms with Crippen LogP contribution in [0.5, 0.6) is 0 Å². The van der Waals surface area contributed by atoms with Crippen LogP contribution in [0, 0.1) is 11.8 Å². The van der Waals surface area contributed by atoms with Crippen molar-refractivity contribution in [3.63, 3.8) is 0 Å². The molecule has 4 unspecified atom stereocenters. The van der Waals surface area contributed by atoms with Gasteiger partial charge in [0.25, 0.3) is 0 Å². The Morgan fingerprint density at radius 2 is 1.96 bits per heavy atom. The molecule has 1 aliphatic carbocycles. The molecule has 4 rings (SSSR count). The summed E-state index contributed by atoms with van der Waals surface area (Å²) in [5, 5.41) is 3.64. The standard InChI is InChI=1S/C20H28N2O/c23-20(19-13-17-8-4-5-9-18(17)21-19)22-11-10-16(14-22)12-15-6-2-1-3-7-15/h1-3,6-7,16-19,21H,4-5,8-14H2. The predicted molar refractivity (Wildman–Crippen MR) is 92.1 cm³/mol. The number of nitrogens with zero attached hydrogens (tertiary/aromatic N) is 1. The lowest BCUT2D eigenvalue weighted by atomic mass is 9.85. The predicted octanol–water partition coefficient (Wildman–Crippen LogP) is 3.00. The average Bonchev–Trinajstić information content (AvgIpc) is 3.21. The molecule has 1 aromatic rings. The van der Waals surface area contributed by atoms with E-state index < -0.39 is 0 Å². The Morgan fingerprint density at radius 3 is 2.78 bits per heavy atom. The van der Waals surface area contributed by atoms with E-state index in [0.717, 1.165) is 38.3 Å². The molecule has 23 heavy (non-hydrogen) atoms. The Morgan fingerprint density at radius 1 is 1.13 bits per heavy atom. The Kier molecular flexibility index (Phi) is 4.39. The summed E-state index contributed by atoms with van der Waals surface area (Å²) >= 11 is 0. The topological polar surface area (TPSA) is 32.3 Å². The lowest BCUT2D eigenvalue weighted by molar-refractivity contribution is -0.132. The summed E-state index contributed by atoms with van der Waals surface area (Å²) < 4.78 is 0. The third kappa shape index (κ3) is 3.30. The second kappa shape index (κ2) is 6.64. The highest BCUT2D eigenvalue weighted by atomic mass is 16.2. The molecule has 2 aliphatic heterocycles. The van der Waals surface area contributed by atoms with Crippen molar-refractivity contribution >= 4 is 5.91 Å². The molecule has 4 atom stereocenters. The summed E-state index contributed by atoms with van der Waals surface area (Å²) in [7, 11) is 0. The van der Waals surface area contributed by atoms with Gasteiger partial charge in [-0.25, -0.2) is 0 Å². The number of fused-ring (bicyclic) bond motifs is 1. The molecule has 1 amide bonds. The van der Waals surface area contributed by atoms with Gasteiger partial charge in [-0.05, 0) is 49.5 Å². The van der Waals surface area contributed by atoms with Gasteiger partial charge in [-0.1, -0.05) is 43.2 Å². The number of amides is 1. The number of carbonyl (C=O) groups is 1. The van der Waals surface area contributed by atoms with Crippen LogP contribution in [0.1, 0.15) is 44.1 Å². The highest BCUT2D eigenvalue weighted by molar-refractivity contribution is 5.82. The molecule has 2 heterocycles. The lowest BCUT2D eigenvalue weighted by Gasteiger charge is -2.24. The summed E-state index contributed by atoms with van der Waals surface area (Å²) in [5.41, 5.74) is 1.40. The molecule has 3 nitrogen and oxygen atoms in total. The van der Waals surface area contributed by atoms with Crippen molar-refractivity contribution in [1.82, 2.24) is 10.2 Å². The molecule has 2 saturated heterocycles. The first-order chi connectivity index (χ1) is 11.3. The van der Waals surface area contributed by atoms with Gasteiger partial charge in [0.2, 0.25) is 5.91 Å². The maximum atomic E-state index is 12.9. The molecule has 0 radical (unpaired) electrons. The average molecular weight is 312 g/mol. The van der Waals surface area contributed by atoms with Crippen LogP contribution in [-0.4, -0.2) is 36.0 Å². The number of hydrogen-bond acceptors (Lipinski definition) is 2. The van der Waals surface area contributed by atoms with Gasteiger partial charge in [-0.2, -0.15) is 0 Å².